The molecule has 3 heteroatoms. The van der Waals surface area contributed by atoms with E-state index in [-0.39, 0.29) is 12.1 Å². The topological polar surface area (TPSA) is 40.5 Å². The molecule has 2 aliphatic heterocycles. The van der Waals surface area contributed by atoms with E-state index in [4.69, 9.17) is 0 Å². The molecule has 2 aliphatic rings. The summed E-state index contributed by atoms with van der Waals surface area (Å²) >= 11 is 0. The highest BCUT2D eigenvalue weighted by molar-refractivity contribution is 5.81. The summed E-state index contributed by atoms with van der Waals surface area (Å²) in [7, 11) is 2.00. The van der Waals surface area contributed by atoms with Crippen molar-refractivity contribution in [2.75, 3.05) is 7.05 Å². The summed E-state index contributed by atoms with van der Waals surface area (Å²) in [6.45, 7) is 0. The first kappa shape index (κ1) is 7.25. The average molecular weight is 155 g/mol. The van der Waals surface area contributed by atoms with Gasteiger partial charge in [-0.05, 0) is 13.5 Å². The predicted octanol–water partition coefficient (Wildman–Crippen LogP) is -0.217. The first-order valence-electron chi connectivity index (χ1n) is 4.10. The van der Waals surface area contributed by atoms with E-state index in [0.717, 1.165) is 6.42 Å². The molecule has 0 aromatic rings. The van der Waals surface area contributed by atoms with Crippen molar-refractivity contribution in [3.63, 3.8) is 0 Å². The minimum atomic E-state index is -0.267. The van der Waals surface area contributed by atoms with Crippen LogP contribution in [0.2, 0.25) is 0 Å². The summed E-state index contributed by atoms with van der Waals surface area (Å²) in [6, 6.07) is 0.428. The molecule has 2 rings (SSSR count). The van der Waals surface area contributed by atoms with Crippen LogP contribution in [0.25, 0.3) is 0 Å². The van der Waals surface area contributed by atoms with E-state index in [1.165, 1.54) is 0 Å². The van der Waals surface area contributed by atoms with Crippen molar-refractivity contribution in [1.82, 2.24) is 4.90 Å². The second-order valence-electron chi connectivity index (χ2n) is 3.64. The Bertz CT molecular complexity index is 193. The lowest BCUT2D eigenvalue weighted by atomic mass is 10.0. The summed E-state index contributed by atoms with van der Waals surface area (Å²) in [5.74, 6) is 0.314. The molecule has 1 unspecified atom stereocenters. The van der Waals surface area contributed by atoms with Crippen molar-refractivity contribution in [2.45, 2.75) is 37.5 Å². The van der Waals surface area contributed by atoms with Gasteiger partial charge in [-0.25, -0.2) is 0 Å². The molecular weight excluding hydrogens is 142 g/mol. The molecule has 0 amide bonds. The molecule has 2 bridgehead atoms. The van der Waals surface area contributed by atoms with Crippen LogP contribution in [-0.4, -0.2) is 41.0 Å². The number of hydrogen-bond acceptors (Lipinski definition) is 3. The van der Waals surface area contributed by atoms with E-state index >= 15 is 0 Å². The second-order valence-corrected chi connectivity index (χ2v) is 3.64. The molecule has 62 valence electrons. The van der Waals surface area contributed by atoms with E-state index in [2.05, 4.69) is 4.90 Å². The fourth-order valence-corrected chi connectivity index (χ4v) is 2.23. The lowest BCUT2D eigenvalue weighted by Gasteiger charge is -2.30. The van der Waals surface area contributed by atoms with Gasteiger partial charge in [-0.15, -0.1) is 0 Å². The number of carbonyl (C=O) groups is 1. The lowest BCUT2D eigenvalue weighted by molar-refractivity contribution is -0.123. The van der Waals surface area contributed by atoms with E-state index in [9.17, 15) is 9.90 Å². The van der Waals surface area contributed by atoms with Crippen LogP contribution in [0.15, 0.2) is 0 Å². The summed E-state index contributed by atoms with van der Waals surface area (Å²) < 4.78 is 0. The highest BCUT2D eigenvalue weighted by Gasteiger charge is 2.43. The Morgan fingerprint density at radius 2 is 2.27 bits per heavy atom. The molecule has 0 radical (unpaired) electrons. The number of carbonyl (C=O) groups excluding carboxylic acids is 1. The molecule has 2 fully saturated rings. The van der Waals surface area contributed by atoms with Gasteiger partial charge in [-0.3, -0.25) is 9.69 Å². The number of aliphatic hydroxyl groups excluding tert-OH is 1. The number of rotatable bonds is 0. The second kappa shape index (κ2) is 2.29. The highest BCUT2D eigenvalue weighted by atomic mass is 16.3. The van der Waals surface area contributed by atoms with E-state index in [0.29, 0.717) is 24.7 Å². The minimum absolute atomic E-state index is 0.112. The van der Waals surface area contributed by atoms with Crippen molar-refractivity contribution in [3.8, 4) is 0 Å². The maximum atomic E-state index is 11.1. The molecule has 0 aliphatic carbocycles. The van der Waals surface area contributed by atoms with Gasteiger partial charge in [0.1, 0.15) is 5.78 Å². The van der Waals surface area contributed by atoms with Crippen molar-refractivity contribution in [2.24, 2.45) is 0 Å². The van der Waals surface area contributed by atoms with Crippen molar-refractivity contribution >= 4 is 5.78 Å². The molecule has 3 nitrogen and oxygen atoms in total. The first-order valence-corrected chi connectivity index (χ1v) is 4.10. The minimum Gasteiger partial charge on any atom is -0.391 e. The van der Waals surface area contributed by atoms with Gasteiger partial charge in [0.15, 0.2) is 0 Å². The Balaban J connectivity index is 2.20. The molecule has 2 saturated heterocycles. The van der Waals surface area contributed by atoms with Gasteiger partial charge in [0.05, 0.1) is 6.10 Å². The number of fused-ring (bicyclic) bond motifs is 2. The standard InChI is InChI=1S/C8H13NO2/c1-9-5-2-6(10)4-7(9)8(11)3-5/h5,7-8,11H,2-4H2,1H3/t5-,7+,8?/m0/s1. The lowest BCUT2D eigenvalue weighted by Crippen LogP contribution is -2.42. The van der Waals surface area contributed by atoms with Gasteiger partial charge in [-0.1, -0.05) is 0 Å². The van der Waals surface area contributed by atoms with Crippen LogP contribution >= 0.6 is 0 Å². The van der Waals surface area contributed by atoms with E-state index in [1.807, 2.05) is 7.05 Å². The van der Waals surface area contributed by atoms with Crippen LogP contribution in [0.5, 0.6) is 0 Å². The van der Waals surface area contributed by atoms with E-state index < -0.39 is 0 Å². The van der Waals surface area contributed by atoms with Gasteiger partial charge < -0.3 is 5.11 Å². The maximum absolute atomic E-state index is 11.1. The van der Waals surface area contributed by atoms with Crippen LogP contribution < -0.4 is 0 Å². The van der Waals surface area contributed by atoms with Gasteiger partial charge in [0, 0.05) is 24.9 Å². The number of ketones is 1. The van der Waals surface area contributed by atoms with Gasteiger partial charge >= 0.3 is 0 Å². The fourth-order valence-electron chi connectivity index (χ4n) is 2.23. The number of piperidine rings is 1. The van der Waals surface area contributed by atoms with Crippen LogP contribution in [0, 0.1) is 0 Å². The third-order valence-electron chi connectivity index (χ3n) is 2.96. The SMILES string of the molecule is CN1[C@H]2CC(=O)C[C@@H]1C(O)C2. The average Bonchev–Trinajstić information content (AvgIpc) is 2.17. The number of aliphatic hydroxyl groups is 1. The zero-order chi connectivity index (χ0) is 8.01. The zero-order valence-electron chi connectivity index (χ0n) is 6.66. The van der Waals surface area contributed by atoms with Gasteiger partial charge in [0.2, 0.25) is 0 Å². The molecule has 0 spiro atoms. The smallest absolute Gasteiger partial charge is 0.136 e. The monoisotopic (exact) mass is 155 g/mol. The van der Waals surface area contributed by atoms with E-state index in [1.54, 1.807) is 0 Å². The third kappa shape index (κ3) is 0.993. The molecule has 11 heavy (non-hydrogen) atoms. The molecule has 3 atom stereocenters. The first-order chi connectivity index (χ1) is 5.18. The molecule has 2 heterocycles. The number of hydrogen-bond donors (Lipinski definition) is 1. The maximum Gasteiger partial charge on any atom is 0.136 e. The highest BCUT2D eigenvalue weighted by Crippen LogP contribution is 2.32. The van der Waals surface area contributed by atoms with Crippen LogP contribution in [0.4, 0.5) is 0 Å². The summed E-state index contributed by atoms with van der Waals surface area (Å²) in [5.41, 5.74) is 0. The van der Waals surface area contributed by atoms with Gasteiger partial charge in [0.25, 0.3) is 0 Å². The summed E-state index contributed by atoms with van der Waals surface area (Å²) in [4.78, 5) is 13.2. The number of likely N-dealkylation sites (N-methyl/N-ethyl adjacent to an activating group) is 1. The normalized spacial score (nSPS) is 44.9. The molecule has 0 aromatic carbocycles. The van der Waals surface area contributed by atoms with Crippen molar-refractivity contribution in [1.29, 1.82) is 0 Å². The van der Waals surface area contributed by atoms with Crippen LogP contribution in [0.3, 0.4) is 0 Å². The summed E-state index contributed by atoms with van der Waals surface area (Å²) in [6.07, 6.45) is 1.71. The largest absolute Gasteiger partial charge is 0.391 e. The molecule has 1 N–H and O–H groups in total. The van der Waals surface area contributed by atoms with Crippen LogP contribution in [-0.2, 0) is 4.79 Å². The number of Topliss-reactive ketones (excluding diaryl/α,β-unsaturated/α-hetero) is 1. The molecular formula is C8H13NO2. The Labute approximate surface area is 66.0 Å². The zero-order valence-corrected chi connectivity index (χ0v) is 6.66. The Morgan fingerprint density at radius 3 is 2.91 bits per heavy atom. The predicted molar refractivity (Wildman–Crippen MR) is 40.2 cm³/mol. The third-order valence-corrected chi connectivity index (χ3v) is 2.96. The van der Waals surface area contributed by atoms with Crippen molar-refractivity contribution < 1.29 is 9.90 Å². The Hall–Kier alpha value is -0.410. The quantitative estimate of drug-likeness (QED) is 0.526. The number of nitrogens with zero attached hydrogens (tertiary/aromatic N) is 1. The molecule has 0 saturated carbocycles. The Kier molecular flexibility index (Phi) is 1.51. The van der Waals surface area contributed by atoms with Crippen LogP contribution in [0.1, 0.15) is 19.3 Å². The fraction of sp³-hybridized carbons (Fsp3) is 0.875. The van der Waals surface area contributed by atoms with Gasteiger partial charge in [-0.2, -0.15) is 0 Å². The summed E-state index contributed by atoms with van der Waals surface area (Å²) in [5, 5.41) is 9.49. The Morgan fingerprint density at radius 1 is 1.55 bits per heavy atom. The molecule has 0 aromatic heterocycles. The van der Waals surface area contributed by atoms with Crippen molar-refractivity contribution in [3.05, 3.63) is 0 Å².